The Hall–Kier alpha value is -2.93. The molecule has 3 amide bonds. The van der Waals surface area contributed by atoms with Crippen molar-refractivity contribution in [2.24, 2.45) is 5.92 Å². The van der Waals surface area contributed by atoms with Gasteiger partial charge in [0.05, 0.1) is 12.5 Å². The molecule has 0 unspecified atom stereocenters. The van der Waals surface area contributed by atoms with Gasteiger partial charge in [0.15, 0.2) is 0 Å². The average Bonchev–Trinajstić information content (AvgIpc) is 2.75. The Morgan fingerprint density at radius 3 is 2.42 bits per heavy atom. The van der Waals surface area contributed by atoms with Crippen LogP contribution in [0.25, 0.3) is 10.8 Å². The van der Waals surface area contributed by atoms with Crippen molar-refractivity contribution in [2.75, 3.05) is 20.6 Å². The summed E-state index contributed by atoms with van der Waals surface area (Å²) in [4.78, 5) is 37.9. The van der Waals surface area contributed by atoms with E-state index in [1.165, 1.54) is 4.90 Å². The fraction of sp³-hybridized carbons (Fsp3) is 0.458. The molecule has 0 fully saturated rings. The highest BCUT2D eigenvalue weighted by molar-refractivity contribution is 5.89. The number of hydroxylamine groups is 2. The lowest BCUT2D eigenvalue weighted by atomic mass is 9.98. The Morgan fingerprint density at radius 2 is 1.81 bits per heavy atom. The number of fused-ring (bicyclic) bond motifs is 1. The van der Waals surface area contributed by atoms with Crippen molar-refractivity contribution in [1.29, 1.82) is 0 Å². The van der Waals surface area contributed by atoms with Crippen LogP contribution in [-0.4, -0.2) is 60.1 Å². The molecule has 170 valence electrons. The van der Waals surface area contributed by atoms with Gasteiger partial charge in [-0.3, -0.25) is 19.6 Å². The zero-order valence-electron chi connectivity index (χ0n) is 17.9. The normalized spacial score (nSPS) is 12.4. The summed E-state index contributed by atoms with van der Waals surface area (Å²) >= 11 is 0. The maximum absolute atomic E-state index is 12.9. The molecule has 2 rings (SSSR count). The third-order valence-electron chi connectivity index (χ3n) is 5.12. The quantitative estimate of drug-likeness (QED) is 0.326. The van der Waals surface area contributed by atoms with Gasteiger partial charge >= 0.3 is 0 Å². The van der Waals surface area contributed by atoms with Crippen LogP contribution in [0, 0.1) is 5.92 Å². The minimum atomic E-state index is -0.735. The van der Waals surface area contributed by atoms with Crippen molar-refractivity contribution in [3.63, 3.8) is 0 Å². The van der Waals surface area contributed by atoms with Crippen LogP contribution in [0.15, 0.2) is 42.5 Å². The van der Waals surface area contributed by atoms with Crippen molar-refractivity contribution in [2.45, 2.75) is 46.1 Å². The van der Waals surface area contributed by atoms with Crippen LogP contribution in [0.5, 0.6) is 0 Å². The van der Waals surface area contributed by atoms with Crippen molar-refractivity contribution >= 4 is 29.0 Å². The van der Waals surface area contributed by atoms with Crippen LogP contribution in [0.2, 0.25) is 0 Å². The number of amides is 3. The van der Waals surface area contributed by atoms with E-state index in [-0.39, 0.29) is 32.2 Å². The van der Waals surface area contributed by atoms with E-state index < -0.39 is 12.0 Å². The largest absolute Gasteiger partial charge is 0.347 e. The van der Waals surface area contributed by atoms with E-state index in [2.05, 4.69) is 5.32 Å². The smallest absolute Gasteiger partial charge is 0.244 e. The molecule has 0 aliphatic rings. The van der Waals surface area contributed by atoms with Gasteiger partial charge in [-0.25, -0.2) is 5.06 Å². The molecular weight excluding hydrogens is 394 g/mol. The van der Waals surface area contributed by atoms with Crippen LogP contribution in [0.4, 0.5) is 0 Å². The number of rotatable bonds is 11. The van der Waals surface area contributed by atoms with Gasteiger partial charge in [0, 0.05) is 20.5 Å². The molecule has 2 atom stereocenters. The van der Waals surface area contributed by atoms with Gasteiger partial charge in [-0.1, -0.05) is 69.7 Å². The predicted octanol–water partition coefficient (Wildman–Crippen LogP) is 3.25. The molecule has 2 N–H and O–H groups in total. The molecule has 0 bridgehead atoms. The third kappa shape index (κ3) is 7.68. The molecule has 0 aliphatic carbocycles. The van der Waals surface area contributed by atoms with E-state index in [1.54, 1.807) is 14.1 Å². The highest BCUT2D eigenvalue weighted by Gasteiger charge is 2.27. The summed E-state index contributed by atoms with van der Waals surface area (Å²) in [6.07, 6.45) is 2.82. The molecule has 2 aromatic rings. The number of nitrogens with one attached hydrogen (secondary N) is 1. The molecule has 0 heterocycles. The highest BCUT2D eigenvalue weighted by atomic mass is 16.5. The summed E-state index contributed by atoms with van der Waals surface area (Å²) in [6.45, 7) is 1.90. The number of likely N-dealkylation sites (N-methyl/N-ethyl adjacent to an activating group) is 1. The second-order valence-electron chi connectivity index (χ2n) is 7.75. The SMILES string of the molecule is C.CCCC[C@H](CN(O)C=O)C(=O)N[C@@H](Cc1ccc2ccccc2c1)C(=O)N(C)C. The number of hydrogen-bond acceptors (Lipinski definition) is 4. The van der Waals surface area contributed by atoms with E-state index >= 15 is 0 Å². The van der Waals surface area contributed by atoms with E-state index in [1.807, 2.05) is 49.4 Å². The first kappa shape index (κ1) is 26.1. The van der Waals surface area contributed by atoms with Crippen LogP contribution in [0.3, 0.4) is 0 Å². The topological polar surface area (TPSA) is 90.0 Å². The Kier molecular flexibility index (Phi) is 10.7. The molecule has 7 nitrogen and oxygen atoms in total. The van der Waals surface area contributed by atoms with E-state index in [0.717, 1.165) is 29.2 Å². The minimum Gasteiger partial charge on any atom is -0.347 e. The lowest BCUT2D eigenvalue weighted by molar-refractivity contribution is -0.155. The van der Waals surface area contributed by atoms with Gasteiger partial charge in [-0.2, -0.15) is 0 Å². The van der Waals surface area contributed by atoms with Crippen LogP contribution in [-0.2, 0) is 20.8 Å². The second kappa shape index (κ2) is 12.7. The summed E-state index contributed by atoms with van der Waals surface area (Å²) in [7, 11) is 3.30. The molecule has 7 heteroatoms. The summed E-state index contributed by atoms with van der Waals surface area (Å²) < 4.78 is 0. The van der Waals surface area contributed by atoms with E-state index in [4.69, 9.17) is 0 Å². The number of benzene rings is 2. The first-order valence-electron chi connectivity index (χ1n) is 10.3. The van der Waals surface area contributed by atoms with Gasteiger partial charge in [0.1, 0.15) is 6.04 Å². The molecule has 0 saturated heterocycles. The zero-order chi connectivity index (χ0) is 22.1. The Morgan fingerprint density at radius 1 is 1.13 bits per heavy atom. The number of unbranched alkanes of at least 4 members (excludes halogenated alkanes) is 1. The predicted molar refractivity (Wildman–Crippen MR) is 123 cm³/mol. The van der Waals surface area contributed by atoms with Crippen molar-refractivity contribution in [1.82, 2.24) is 15.3 Å². The molecular formula is C24H35N3O4. The number of carbonyl (C=O) groups is 3. The van der Waals surface area contributed by atoms with Gasteiger partial charge < -0.3 is 10.2 Å². The Labute approximate surface area is 185 Å². The molecule has 0 aromatic heterocycles. The summed E-state index contributed by atoms with van der Waals surface area (Å²) in [5, 5.41) is 15.1. The fourth-order valence-corrected chi connectivity index (χ4v) is 3.43. The summed E-state index contributed by atoms with van der Waals surface area (Å²) in [6, 6.07) is 13.2. The Balaban J connectivity index is 0.00000480. The molecule has 0 spiro atoms. The third-order valence-corrected chi connectivity index (χ3v) is 5.12. The monoisotopic (exact) mass is 429 g/mol. The van der Waals surface area contributed by atoms with Gasteiger partial charge in [0.2, 0.25) is 18.2 Å². The van der Waals surface area contributed by atoms with Crippen molar-refractivity contribution in [3.8, 4) is 0 Å². The maximum atomic E-state index is 12.9. The van der Waals surface area contributed by atoms with E-state index in [0.29, 0.717) is 17.9 Å². The Bertz CT molecular complexity index is 869. The molecule has 31 heavy (non-hydrogen) atoms. The van der Waals surface area contributed by atoms with Crippen molar-refractivity contribution in [3.05, 3.63) is 48.0 Å². The summed E-state index contributed by atoms with van der Waals surface area (Å²) in [5.41, 5.74) is 0.941. The molecule has 0 radical (unpaired) electrons. The number of nitrogens with zero attached hydrogens (tertiary/aromatic N) is 2. The standard InChI is InChI=1S/C23H31N3O4.CH4/c1-4-5-8-20(15-26(30)16-27)22(28)24-21(23(29)25(2)3)14-17-11-12-18-9-6-7-10-19(18)13-17;/h6-7,9-13,16,20-21,30H,4-5,8,14-15H2,1-3H3,(H,24,28);1H4/t20-,21+;/m1./s1. The fourth-order valence-electron chi connectivity index (χ4n) is 3.43. The lowest BCUT2D eigenvalue weighted by Crippen LogP contribution is -2.50. The average molecular weight is 430 g/mol. The highest BCUT2D eigenvalue weighted by Crippen LogP contribution is 2.18. The molecule has 2 aromatic carbocycles. The van der Waals surface area contributed by atoms with Crippen LogP contribution in [0.1, 0.15) is 39.2 Å². The zero-order valence-corrected chi connectivity index (χ0v) is 17.9. The van der Waals surface area contributed by atoms with Gasteiger partial charge in [0.25, 0.3) is 0 Å². The summed E-state index contributed by atoms with van der Waals surface area (Å²) in [5.74, 6) is -1.14. The number of carbonyl (C=O) groups excluding carboxylic acids is 3. The first-order valence-corrected chi connectivity index (χ1v) is 10.3. The van der Waals surface area contributed by atoms with Gasteiger partial charge in [-0.05, 0) is 22.8 Å². The second-order valence-corrected chi connectivity index (χ2v) is 7.75. The minimum absolute atomic E-state index is 0. The molecule has 0 saturated carbocycles. The lowest BCUT2D eigenvalue weighted by Gasteiger charge is -2.25. The first-order chi connectivity index (χ1) is 14.3. The number of hydrogen-bond donors (Lipinski definition) is 2. The van der Waals surface area contributed by atoms with Crippen LogP contribution >= 0.6 is 0 Å². The van der Waals surface area contributed by atoms with Crippen molar-refractivity contribution < 1.29 is 19.6 Å². The van der Waals surface area contributed by atoms with Gasteiger partial charge in [-0.15, -0.1) is 0 Å². The maximum Gasteiger partial charge on any atom is 0.244 e. The van der Waals surface area contributed by atoms with E-state index in [9.17, 15) is 19.6 Å². The van der Waals surface area contributed by atoms with Crippen LogP contribution < -0.4 is 5.32 Å². The molecule has 0 aliphatic heterocycles.